The van der Waals surface area contributed by atoms with Gasteiger partial charge in [0.25, 0.3) is 10.0 Å². The molecule has 2 heterocycles. The van der Waals surface area contributed by atoms with E-state index in [1.165, 1.54) is 54.7 Å². The highest BCUT2D eigenvalue weighted by molar-refractivity contribution is 7.92. The number of sulfonamides is 1. The number of nitrogens with one attached hydrogen (secondary N) is 1. The lowest BCUT2D eigenvalue weighted by atomic mass is 10.0. The Morgan fingerprint density at radius 3 is 2.41 bits per heavy atom. The second-order valence-electron chi connectivity index (χ2n) is 6.75. The molecular formula is C23H21F3N4O3S. The number of pyridine rings is 2. The Morgan fingerprint density at radius 2 is 1.76 bits per heavy atom. The normalized spacial score (nSPS) is 11.6. The number of aromatic nitrogens is 2. The van der Waals surface area contributed by atoms with Gasteiger partial charge in [0.2, 0.25) is 0 Å². The van der Waals surface area contributed by atoms with Crippen LogP contribution in [0.15, 0.2) is 91.1 Å². The highest BCUT2D eigenvalue weighted by Crippen LogP contribution is 2.40. The first kappa shape index (κ1) is 24.9. The molecule has 178 valence electrons. The maximum Gasteiger partial charge on any atom is 0.418 e. The van der Waals surface area contributed by atoms with E-state index in [1.54, 1.807) is 6.07 Å². The van der Waals surface area contributed by atoms with Gasteiger partial charge in [0.05, 0.1) is 11.3 Å². The van der Waals surface area contributed by atoms with E-state index < -0.39 is 27.5 Å². The minimum atomic E-state index is -4.76. The van der Waals surface area contributed by atoms with Gasteiger partial charge < -0.3 is 4.74 Å². The van der Waals surface area contributed by atoms with Crippen LogP contribution in [0.25, 0.3) is 11.3 Å². The Labute approximate surface area is 195 Å². The average Bonchev–Trinajstić information content (AvgIpc) is 2.83. The van der Waals surface area contributed by atoms with Crippen molar-refractivity contribution in [3.8, 4) is 17.0 Å². The molecule has 0 aliphatic rings. The highest BCUT2D eigenvalue weighted by Gasteiger charge is 2.37. The fraction of sp³-hybridized carbons (Fsp3) is 0.130. The molecule has 0 fully saturated rings. The van der Waals surface area contributed by atoms with Crippen LogP contribution in [0.1, 0.15) is 5.56 Å². The summed E-state index contributed by atoms with van der Waals surface area (Å²) in [6, 6.07) is 12.1. The van der Waals surface area contributed by atoms with Crippen LogP contribution in [0, 0.1) is 0 Å². The monoisotopic (exact) mass is 490 g/mol. The number of rotatable bonds is 10. The molecule has 3 aromatic rings. The number of para-hydroxylation sites is 1. The van der Waals surface area contributed by atoms with E-state index in [2.05, 4.69) is 28.6 Å². The van der Waals surface area contributed by atoms with Crippen molar-refractivity contribution in [3.63, 3.8) is 0 Å². The molecule has 11 heteroatoms. The molecule has 0 saturated heterocycles. The Bertz CT molecular complexity index is 1270. The predicted octanol–water partition coefficient (Wildman–Crippen LogP) is 4.61. The van der Waals surface area contributed by atoms with E-state index in [9.17, 15) is 21.6 Å². The van der Waals surface area contributed by atoms with Crippen molar-refractivity contribution in [2.45, 2.75) is 11.2 Å². The maximum atomic E-state index is 13.9. The van der Waals surface area contributed by atoms with E-state index in [0.717, 1.165) is 12.1 Å². The molecular weight excluding hydrogens is 469 g/mol. The van der Waals surface area contributed by atoms with Gasteiger partial charge in [0.15, 0.2) is 10.8 Å². The third-order valence-corrected chi connectivity index (χ3v) is 5.98. The van der Waals surface area contributed by atoms with Crippen LogP contribution < -0.4 is 14.6 Å². The molecule has 0 radical (unpaired) electrons. The predicted molar refractivity (Wildman–Crippen MR) is 122 cm³/mol. The number of hydrazine groups is 1. The molecule has 0 saturated carbocycles. The molecule has 0 atom stereocenters. The number of alkyl halides is 3. The van der Waals surface area contributed by atoms with Gasteiger partial charge in [-0.15, -0.1) is 6.58 Å². The van der Waals surface area contributed by atoms with E-state index in [4.69, 9.17) is 4.74 Å². The van der Waals surface area contributed by atoms with Crippen molar-refractivity contribution in [1.82, 2.24) is 15.4 Å². The number of hydrogen-bond acceptors (Lipinski definition) is 6. The summed E-state index contributed by atoms with van der Waals surface area (Å²) in [7, 11) is -4.32. The van der Waals surface area contributed by atoms with Crippen molar-refractivity contribution in [3.05, 3.63) is 91.7 Å². The summed E-state index contributed by atoms with van der Waals surface area (Å²) in [6.45, 7) is 7.12. The van der Waals surface area contributed by atoms with Crippen molar-refractivity contribution in [2.24, 2.45) is 0 Å². The molecule has 7 nitrogen and oxygen atoms in total. The Morgan fingerprint density at radius 1 is 1.03 bits per heavy atom. The zero-order valence-corrected chi connectivity index (χ0v) is 18.7. The third-order valence-electron chi connectivity index (χ3n) is 4.41. The number of halogens is 3. The van der Waals surface area contributed by atoms with Crippen molar-refractivity contribution in [2.75, 3.05) is 17.6 Å². The fourth-order valence-corrected chi connectivity index (χ4v) is 4.19. The second kappa shape index (κ2) is 10.5. The summed E-state index contributed by atoms with van der Waals surface area (Å²) < 4.78 is 74.3. The zero-order valence-electron chi connectivity index (χ0n) is 17.9. The zero-order chi connectivity index (χ0) is 24.8. The minimum absolute atomic E-state index is 0.0108. The molecule has 0 spiro atoms. The van der Waals surface area contributed by atoms with Crippen LogP contribution in [0.4, 0.5) is 19.0 Å². The topological polar surface area (TPSA) is 84.4 Å². The SMILES string of the molecule is C=CCNN(c1ccc(C(F)(F)F)c(-c2ccccc2OCC=C)n1)S(=O)(=O)c1ccccn1. The van der Waals surface area contributed by atoms with Gasteiger partial charge in [0.1, 0.15) is 12.4 Å². The first-order chi connectivity index (χ1) is 16.2. The lowest BCUT2D eigenvalue weighted by Crippen LogP contribution is -2.44. The van der Waals surface area contributed by atoms with Gasteiger partial charge in [-0.25, -0.2) is 15.4 Å². The second-order valence-corrected chi connectivity index (χ2v) is 8.48. The molecule has 1 N–H and O–H groups in total. The molecule has 1 aromatic carbocycles. The molecule has 0 bridgehead atoms. The average molecular weight is 491 g/mol. The third kappa shape index (κ3) is 5.43. The van der Waals surface area contributed by atoms with Crippen LogP contribution in [0.5, 0.6) is 5.75 Å². The van der Waals surface area contributed by atoms with Crippen LogP contribution in [0.3, 0.4) is 0 Å². The summed E-state index contributed by atoms with van der Waals surface area (Å²) in [4.78, 5) is 7.98. The minimum Gasteiger partial charge on any atom is -0.489 e. The highest BCUT2D eigenvalue weighted by atomic mass is 32.2. The number of ether oxygens (including phenoxy) is 1. The van der Waals surface area contributed by atoms with Gasteiger partial charge in [-0.05, 0) is 36.4 Å². The van der Waals surface area contributed by atoms with Gasteiger partial charge in [-0.2, -0.15) is 26.0 Å². The lowest BCUT2D eigenvalue weighted by Gasteiger charge is -2.24. The van der Waals surface area contributed by atoms with E-state index >= 15 is 0 Å². The Balaban J connectivity index is 2.23. The van der Waals surface area contributed by atoms with E-state index in [-0.39, 0.29) is 35.3 Å². The van der Waals surface area contributed by atoms with Crippen LogP contribution in [0.2, 0.25) is 0 Å². The largest absolute Gasteiger partial charge is 0.489 e. The van der Waals surface area contributed by atoms with Crippen molar-refractivity contribution in [1.29, 1.82) is 0 Å². The van der Waals surface area contributed by atoms with Gasteiger partial charge >= 0.3 is 6.18 Å². The van der Waals surface area contributed by atoms with Gasteiger partial charge in [-0.1, -0.05) is 36.9 Å². The van der Waals surface area contributed by atoms with Crippen LogP contribution in [-0.4, -0.2) is 31.5 Å². The van der Waals surface area contributed by atoms with Crippen LogP contribution in [-0.2, 0) is 16.2 Å². The Hall–Kier alpha value is -3.70. The maximum absolute atomic E-state index is 13.9. The summed E-state index contributed by atoms with van der Waals surface area (Å²) in [5.74, 6) is -0.162. The number of anilines is 1. The van der Waals surface area contributed by atoms with E-state index in [1.807, 2.05) is 0 Å². The molecule has 0 aliphatic carbocycles. The number of benzene rings is 1. The molecule has 34 heavy (non-hydrogen) atoms. The van der Waals surface area contributed by atoms with Crippen molar-refractivity contribution >= 4 is 15.8 Å². The fourth-order valence-electron chi connectivity index (χ4n) is 2.96. The van der Waals surface area contributed by atoms with Gasteiger partial charge in [0, 0.05) is 18.3 Å². The molecule has 3 rings (SSSR count). The standard InChI is InChI=1S/C23H21F3N4O3S/c1-3-14-28-30(34(31,32)21-11-7-8-15-27-21)20-13-12-18(23(24,25)26)22(29-20)17-9-5-6-10-19(17)33-16-4-2/h3-13,15,28H,1-2,14,16H2. The first-order valence-electron chi connectivity index (χ1n) is 9.92. The summed E-state index contributed by atoms with van der Waals surface area (Å²) in [6.07, 6.45) is -0.626. The smallest absolute Gasteiger partial charge is 0.418 e. The summed E-state index contributed by atoms with van der Waals surface area (Å²) >= 11 is 0. The molecule has 2 aromatic heterocycles. The van der Waals surface area contributed by atoms with Crippen molar-refractivity contribution < 1.29 is 26.3 Å². The van der Waals surface area contributed by atoms with E-state index in [0.29, 0.717) is 4.41 Å². The molecule has 0 aliphatic heterocycles. The summed E-state index contributed by atoms with van der Waals surface area (Å²) in [5.41, 5.74) is 1.10. The number of nitrogens with zero attached hydrogens (tertiary/aromatic N) is 3. The lowest BCUT2D eigenvalue weighted by molar-refractivity contribution is -0.137. The molecule has 0 unspecified atom stereocenters. The molecule has 0 amide bonds. The first-order valence-corrected chi connectivity index (χ1v) is 11.4. The Kier molecular flexibility index (Phi) is 7.69. The van der Waals surface area contributed by atoms with Crippen LogP contribution >= 0.6 is 0 Å². The van der Waals surface area contributed by atoms with Gasteiger partial charge in [-0.3, -0.25) is 0 Å². The number of hydrogen-bond donors (Lipinski definition) is 1. The quantitative estimate of drug-likeness (QED) is 0.330. The summed E-state index contributed by atoms with van der Waals surface area (Å²) in [5, 5.41) is -0.315.